The van der Waals surface area contributed by atoms with E-state index in [1.54, 1.807) is 0 Å². The Morgan fingerprint density at radius 1 is 0.579 bits per heavy atom. The van der Waals surface area contributed by atoms with Gasteiger partial charge in [0.25, 0.3) is 0 Å². The molecule has 0 aromatic rings. The van der Waals surface area contributed by atoms with Gasteiger partial charge in [0.15, 0.2) is 18.7 Å². The third kappa shape index (κ3) is 20.5. The van der Waals surface area contributed by atoms with E-state index in [4.69, 9.17) is 28.4 Å². The third-order valence-electron chi connectivity index (χ3n) is 9.88. The number of ether oxygens (including phenoxy) is 6. The van der Waals surface area contributed by atoms with Crippen molar-refractivity contribution in [2.75, 3.05) is 26.4 Å². The molecular weight excluding hydrogens is 744 g/mol. The maximum atomic E-state index is 12.7. The molecule has 0 aliphatic carbocycles. The van der Waals surface area contributed by atoms with Gasteiger partial charge in [-0.2, -0.15) is 0 Å². The first-order valence-corrected chi connectivity index (χ1v) is 21.1. The molecule has 15 nitrogen and oxygen atoms in total. The molecule has 2 saturated heterocycles. The van der Waals surface area contributed by atoms with E-state index in [0.29, 0.717) is 12.8 Å². The van der Waals surface area contributed by atoms with Crippen LogP contribution in [0.2, 0.25) is 0 Å². The minimum Gasteiger partial charge on any atom is -0.462 e. The van der Waals surface area contributed by atoms with Crippen LogP contribution >= 0.6 is 0 Å². The Morgan fingerprint density at radius 2 is 1.11 bits per heavy atom. The van der Waals surface area contributed by atoms with Crippen LogP contribution in [0.5, 0.6) is 0 Å². The molecule has 2 aliphatic rings. The molecule has 11 atom stereocenters. The minimum absolute atomic E-state index is 0.158. The molecule has 2 fully saturated rings. The van der Waals surface area contributed by atoms with Crippen LogP contribution in [0.1, 0.15) is 123 Å². The van der Waals surface area contributed by atoms with Gasteiger partial charge < -0.3 is 64.2 Å². The maximum Gasteiger partial charge on any atom is 0.306 e. The van der Waals surface area contributed by atoms with E-state index in [-0.39, 0.29) is 26.1 Å². The molecule has 0 aromatic heterocycles. The Balaban J connectivity index is 1.84. The highest BCUT2D eigenvalue weighted by Gasteiger charge is 2.47. The van der Waals surface area contributed by atoms with Crippen LogP contribution < -0.4 is 0 Å². The van der Waals surface area contributed by atoms with Crippen molar-refractivity contribution in [3.8, 4) is 0 Å². The van der Waals surface area contributed by atoms with E-state index in [2.05, 4.69) is 50.3 Å². The zero-order chi connectivity index (χ0) is 41.8. The molecule has 0 spiro atoms. The highest BCUT2D eigenvalue weighted by Crippen LogP contribution is 2.26. The molecule has 0 bridgehead atoms. The van der Waals surface area contributed by atoms with Crippen LogP contribution in [-0.4, -0.2) is 142 Å². The topological polar surface area (TPSA) is 231 Å². The van der Waals surface area contributed by atoms with E-state index in [0.717, 1.165) is 83.5 Å². The van der Waals surface area contributed by atoms with Crippen molar-refractivity contribution in [2.45, 2.75) is 191 Å². The minimum atomic E-state index is -1.76. The number of hydrogen-bond acceptors (Lipinski definition) is 15. The summed E-state index contributed by atoms with van der Waals surface area (Å²) in [5.74, 6) is -0.960. The monoisotopic (exact) mass is 816 g/mol. The summed E-state index contributed by atoms with van der Waals surface area (Å²) in [7, 11) is 0. The summed E-state index contributed by atoms with van der Waals surface area (Å²) in [5, 5.41) is 71.6. The average molecular weight is 817 g/mol. The molecule has 0 amide bonds. The number of carbonyl (C=O) groups excluding carboxylic acids is 2. The van der Waals surface area contributed by atoms with Crippen molar-refractivity contribution in [1.82, 2.24) is 0 Å². The fraction of sp³-hybridized carbons (Fsp3) is 0.810. The molecule has 330 valence electrons. The summed E-state index contributed by atoms with van der Waals surface area (Å²) < 4.78 is 33.2. The van der Waals surface area contributed by atoms with Crippen LogP contribution in [0.25, 0.3) is 0 Å². The first-order valence-electron chi connectivity index (χ1n) is 21.1. The van der Waals surface area contributed by atoms with Crippen molar-refractivity contribution in [1.29, 1.82) is 0 Å². The van der Waals surface area contributed by atoms with Crippen LogP contribution in [-0.2, 0) is 38.0 Å². The number of allylic oxidation sites excluding steroid dienone is 6. The maximum absolute atomic E-state index is 12.7. The van der Waals surface area contributed by atoms with Crippen LogP contribution in [0.4, 0.5) is 0 Å². The molecule has 0 saturated carbocycles. The second-order valence-corrected chi connectivity index (χ2v) is 14.8. The summed E-state index contributed by atoms with van der Waals surface area (Å²) in [6, 6.07) is 0. The number of carbonyl (C=O) groups is 2. The van der Waals surface area contributed by atoms with Gasteiger partial charge in [-0.3, -0.25) is 9.59 Å². The third-order valence-corrected chi connectivity index (χ3v) is 9.88. The molecule has 15 heteroatoms. The zero-order valence-corrected chi connectivity index (χ0v) is 34.1. The van der Waals surface area contributed by atoms with Crippen molar-refractivity contribution < 1.29 is 73.8 Å². The SMILES string of the molecule is CC/C=C/C/C=C/C/C=C\CCCCCCCC(=O)OC[C@H](CO[C@@H]1O[C@H](CO[C@H]2O[C@H](CO)[C@H](O)[C@H](O)[C@H]2O)[C@H](O)[C@H](O)[C@H]1O)OC(=O)CCCCCCCC. The average Bonchev–Trinajstić information content (AvgIpc) is 3.20. The molecule has 57 heavy (non-hydrogen) atoms. The number of aliphatic hydroxyl groups excluding tert-OH is 7. The fourth-order valence-electron chi connectivity index (χ4n) is 6.35. The summed E-state index contributed by atoms with van der Waals surface area (Å²) in [4.78, 5) is 25.4. The fourth-order valence-corrected chi connectivity index (χ4v) is 6.35. The summed E-state index contributed by atoms with van der Waals surface area (Å²) in [6.07, 6.45) is 11.0. The van der Waals surface area contributed by atoms with E-state index in [9.17, 15) is 45.3 Å². The van der Waals surface area contributed by atoms with Crippen LogP contribution in [0.15, 0.2) is 36.5 Å². The van der Waals surface area contributed by atoms with Gasteiger partial charge in [0.1, 0.15) is 55.4 Å². The van der Waals surface area contributed by atoms with Crippen molar-refractivity contribution >= 4 is 11.9 Å². The number of unbranched alkanes of at least 4 members (excludes halogenated alkanes) is 10. The van der Waals surface area contributed by atoms with Gasteiger partial charge in [-0.05, 0) is 44.9 Å². The second kappa shape index (κ2) is 30.7. The largest absolute Gasteiger partial charge is 0.462 e. The predicted octanol–water partition coefficient (Wildman–Crippen LogP) is 3.42. The lowest BCUT2D eigenvalue weighted by atomic mass is 9.98. The van der Waals surface area contributed by atoms with Crippen LogP contribution in [0, 0.1) is 0 Å². The first-order chi connectivity index (χ1) is 27.5. The normalized spacial score (nSPS) is 28.7. The quantitative estimate of drug-likeness (QED) is 0.0313. The Bertz CT molecular complexity index is 1150. The lowest BCUT2D eigenvalue weighted by Gasteiger charge is -2.42. The standard InChI is InChI=1S/C42H72O15/c1-3-5-7-9-11-12-13-14-15-16-17-18-19-21-22-24-33(44)52-27-30(55-34(45)25-23-20-10-8-6-4-2)28-53-41-40(51)38(49)36(47)32(57-41)29-54-42-39(50)37(48)35(46)31(26-43)56-42/h5,7,11-12,14-15,30-32,35-43,46-51H,3-4,6,8-10,13,16-29H2,1-2H3/b7-5+,12-11+,15-14-/t30-,31-,32-,35+,36+,37+,38+,39-,40-,41-,42+/m1/s1. The van der Waals surface area contributed by atoms with Gasteiger partial charge in [-0.15, -0.1) is 0 Å². The van der Waals surface area contributed by atoms with Crippen molar-refractivity contribution in [3.63, 3.8) is 0 Å². The Morgan fingerprint density at radius 3 is 1.74 bits per heavy atom. The molecule has 0 aromatic carbocycles. The molecule has 0 unspecified atom stereocenters. The lowest BCUT2D eigenvalue weighted by molar-refractivity contribution is -0.332. The molecular formula is C42H72O15. The lowest BCUT2D eigenvalue weighted by Crippen LogP contribution is -2.61. The van der Waals surface area contributed by atoms with Gasteiger partial charge in [0, 0.05) is 12.8 Å². The number of esters is 2. The van der Waals surface area contributed by atoms with Crippen molar-refractivity contribution in [2.24, 2.45) is 0 Å². The summed E-state index contributed by atoms with van der Waals surface area (Å²) in [5.41, 5.74) is 0. The number of hydrogen-bond donors (Lipinski definition) is 7. The van der Waals surface area contributed by atoms with Gasteiger partial charge in [0.2, 0.25) is 0 Å². The molecule has 7 N–H and O–H groups in total. The van der Waals surface area contributed by atoms with Crippen molar-refractivity contribution in [3.05, 3.63) is 36.5 Å². The van der Waals surface area contributed by atoms with E-state index in [1.807, 2.05) is 0 Å². The molecule has 2 rings (SSSR count). The Hall–Kier alpha value is -2.28. The smallest absolute Gasteiger partial charge is 0.306 e. The number of rotatable bonds is 30. The second-order valence-electron chi connectivity index (χ2n) is 14.8. The summed E-state index contributed by atoms with van der Waals surface area (Å²) in [6.45, 7) is 2.34. The molecule has 2 heterocycles. The summed E-state index contributed by atoms with van der Waals surface area (Å²) >= 11 is 0. The van der Waals surface area contributed by atoms with Crippen LogP contribution in [0.3, 0.4) is 0 Å². The first kappa shape index (κ1) is 50.9. The highest BCUT2D eigenvalue weighted by molar-refractivity contribution is 5.70. The van der Waals surface area contributed by atoms with Gasteiger partial charge >= 0.3 is 11.9 Å². The Kier molecular flexibility index (Phi) is 27.4. The molecule has 2 aliphatic heterocycles. The van der Waals surface area contributed by atoms with Gasteiger partial charge in [-0.1, -0.05) is 102 Å². The predicted molar refractivity (Wildman–Crippen MR) is 210 cm³/mol. The van der Waals surface area contributed by atoms with E-state index >= 15 is 0 Å². The number of aliphatic hydroxyl groups is 7. The Labute approximate surface area is 338 Å². The molecule has 0 radical (unpaired) electrons. The van der Waals surface area contributed by atoms with Gasteiger partial charge in [0.05, 0.1) is 19.8 Å². The zero-order valence-electron chi connectivity index (χ0n) is 34.1. The van der Waals surface area contributed by atoms with E-state index in [1.165, 1.54) is 0 Å². The van der Waals surface area contributed by atoms with Gasteiger partial charge in [-0.25, -0.2) is 0 Å². The van der Waals surface area contributed by atoms with E-state index < -0.39 is 92.7 Å². The highest BCUT2D eigenvalue weighted by atomic mass is 16.7.